The van der Waals surface area contributed by atoms with Crippen LogP contribution in [0.5, 0.6) is 0 Å². The van der Waals surface area contributed by atoms with Gasteiger partial charge in [0.2, 0.25) is 0 Å². The minimum atomic E-state index is -2.81. The second-order valence-corrected chi connectivity index (χ2v) is 9.40. The van der Waals surface area contributed by atoms with E-state index in [1.54, 1.807) is 0 Å². The Balaban J connectivity index is 0.00000264. The first-order chi connectivity index (χ1) is 10.4. The molecule has 4 unspecified atom stereocenters. The van der Waals surface area contributed by atoms with Crippen LogP contribution in [0.1, 0.15) is 52.9 Å². The van der Waals surface area contributed by atoms with E-state index in [0.29, 0.717) is 30.1 Å². The van der Waals surface area contributed by atoms with E-state index in [9.17, 15) is 8.42 Å². The summed E-state index contributed by atoms with van der Waals surface area (Å²) in [6, 6.07) is 0.870. The maximum Gasteiger partial charge on any atom is 0.191 e. The highest BCUT2D eigenvalue weighted by atomic mass is 127. The van der Waals surface area contributed by atoms with E-state index in [-0.39, 0.29) is 29.9 Å². The molecular weight excluding hydrogens is 425 g/mol. The molecule has 5 nitrogen and oxygen atoms in total. The van der Waals surface area contributed by atoms with Gasteiger partial charge in [0.1, 0.15) is 0 Å². The Morgan fingerprint density at radius 3 is 2.57 bits per heavy atom. The molecule has 0 spiro atoms. The predicted molar refractivity (Wildman–Crippen MR) is 107 cm³/mol. The molecule has 1 aliphatic heterocycles. The van der Waals surface area contributed by atoms with Crippen molar-refractivity contribution >= 4 is 39.8 Å². The quantitative estimate of drug-likeness (QED) is 0.378. The predicted octanol–water partition coefficient (Wildman–Crippen LogP) is 2.56. The zero-order valence-electron chi connectivity index (χ0n) is 14.5. The van der Waals surface area contributed by atoms with Crippen LogP contribution in [0.2, 0.25) is 0 Å². The van der Waals surface area contributed by atoms with E-state index in [1.807, 2.05) is 0 Å². The van der Waals surface area contributed by atoms with Gasteiger partial charge in [-0.05, 0) is 50.9 Å². The summed E-state index contributed by atoms with van der Waals surface area (Å²) in [5.74, 6) is 2.45. The third-order valence-electron chi connectivity index (χ3n) is 4.87. The van der Waals surface area contributed by atoms with Crippen molar-refractivity contribution in [3.63, 3.8) is 0 Å². The molecule has 4 atom stereocenters. The summed E-state index contributed by atoms with van der Waals surface area (Å²) in [5.41, 5.74) is 0. The highest BCUT2D eigenvalue weighted by molar-refractivity contribution is 14.0. The lowest BCUT2D eigenvalue weighted by atomic mass is 10.1. The molecule has 0 aromatic rings. The minimum absolute atomic E-state index is 0. The third-order valence-corrected chi connectivity index (χ3v) is 6.70. The number of rotatable bonds is 5. The van der Waals surface area contributed by atoms with Gasteiger partial charge in [0.25, 0.3) is 0 Å². The summed E-state index contributed by atoms with van der Waals surface area (Å²) in [4.78, 5) is 4.68. The van der Waals surface area contributed by atoms with Gasteiger partial charge in [-0.15, -0.1) is 24.0 Å². The number of hydrogen-bond acceptors (Lipinski definition) is 3. The summed E-state index contributed by atoms with van der Waals surface area (Å²) in [7, 11) is -2.81. The Morgan fingerprint density at radius 2 is 2.04 bits per heavy atom. The van der Waals surface area contributed by atoms with Gasteiger partial charge in [-0.3, -0.25) is 4.99 Å². The van der Waals surface area contributed by atoms with Crippen LogP contribution in [-0.2, 0) is 9.84 Å². The lowest BCUT2D eigenvalue weighted by molar-refractivity contribution is 0.544. The van der Waals surface area contributed by atoms with Crippen LogP contribution >= 0.6 is 24.0 Å². The Hall–Kier alpha value is -0.0500. The maximum atomic E-state index is 11.5. The topological polar surface area (TPSA) is 70.6 Å². The average molecular weight is 457 g/mol. The number of hydrogen-bond donors (Lipinski definition) is 2. The molecule has 0 bridgehead atoms. The minimum Gasteiger partial charge on any atom is -0.354 e. The standard InChI is InChI=1S/C16H31N3O2S.HI/c1-4-13(3)18-16(19-15-6-5-12(2)9-15)17-10-14-7-8-22(20,21)11-14;/h12-15H,4-11H2,1-3H3,(H2,17,18,19);1H. The second kappa shape index (κ2) is 9.44. The molecule has 0 amide bonds. The van der Waals surface area contributed by atoms with Gasteiger partial charge in [-0.1, -0.05) is 13.8 Å². The molecule has 2 N–H and O–H groups in total. The number of aliphatic imine (C=N–C) groups is 1. The molecule has 1 saturated carbocycles. The molecule has 136 valence electrons. The lowest BCUT2D eigenvalue weighted by Gasteiger charge is -2.21. The van der Waals surface area contributed by atoms with Crippen LogP contribution in [0.25, 0.3) is 0 Å². The second-order valence-electron chi connectivity index (χ2n) is 7.17. The lowest BCUT2D eigenvalue weighted by Crippen LogP contribution is -2.46. The van der Waals surface area contributed by atoms with Gasteiger partial charge in [0, 0.05) is 18.6 Å². The number of nitrogens with zero attached hydrogens (tertiary/aromatic N) is 1. The summed E-state index contributed by atoms with van der Waals surface area (Å²) in [5, 5.41) is 6.99. The third kappa shape index (κ3) is 7.15. The van der Waals surface area contributed by atoms with E-state index in [2.05, 4.69) is 36.4 Å². The van der Waals surface area contributed by atoms with Crippen molar-refractivity contribution < 1.29 is 8.42 Å². The van der Waals surface area contributed by atoms with Crippen molar-refractivity contribution in [2.45, 2.75) is 65.0 Å². The fraction of sp³-hybridized carbons (Fsp3) is 0.938. The van der Waals surface area contributed by atoms with Crippen molar-refractivity contribution in [2.24, 2.45) is 16.8 Å². The zero-order valence-corrected chi connectivity index (χ0v) is 17.7. The SMILES string of the molecule is CCC(C)NC(=NCC1CCS(=O)(=O)C1)NC1CCC(C)C1.I. The number of guanidine groups is 1. The smallest absolute Gasteiger partial charge is 0.191 e. The summed E-state index contributed by atoms with van der Waals surface area (Å²) in [6.45, 7) is 7.20. The summed E-state index contributed by atoms with van der Waals surface area (Å²) >= 11 is 0. The molecule has 1 aliphatic carbocycles. The van der Waals surface area contributed by atoms with Gasteiger partial charge in [0.05, 0.1) is 11.5 Å². The number of halogens is 1. The van der Waals surface area contributed by atoms with E-state index >= 15 is 0 Å². The van der Waals surface area contributed by atoms with E-state index < -0.39 is 9.84 Å². The first-order valence-corrected chi connectivity index (χ1v) is 10.5. The molecule has 7 heteroatoms. The molecule has 1 saturated heterocycles. The molecule has 2 fully saturated rings. The Labute approximate surface area is 158 Å². The van der Waals surface area contributed by atoms with Crippen LogP contribution in [0, 0.1) is 11.8 Å². The van der Waals surface area contributed by atoms with Crippen molar-refractivity contribution in [3.8, 4) is 0 Å². The largest absolute Gasteiger partial charge is 0.354 e. The van der Waals surface area contributed by atoms with Crippen molar-refractivity contribution in [2.75, 3.05) is 18.1 Å². The van der Waals surface area contributed by atoms with Crippen LogP contribution in [0.15, 0.2) is 4.99 Å². The van der Waals surface area contributed by atoms with Gasteiger partial charge >= 0.3 is 0 Å². The Kier molecular flexibility index (Phi) is 8.61. The van der Waals surface area contributed by atoms with Crippen LogP contribution in [-0.4, -0.2) is 44.5 Å². The molecule has 23 heavy (non-hydrogen) atoms. The highest BCUT2D eigenvalue weighted by Gasteiger charge is 2.28. The fourth-order valence-corrected chi connectivity index (χ4v) is 5.09. The van der Waals surface area contributed by atoms with E-state index in [0.717, 1.165) is 24.7 Å². The first-order valence-electron chi connectivity index (χ1n) is 8.66. The van der Waals surface area contributed by atoms with Gasteiger partial charge in [-0.2, -0.15) is 0 Å². The molecule has 2 rings (SSSR count). The molecule has 0 radical (unpaired) electrons. The molecule has 0 aromatic heterocycles. The molecule has 0 aromatic carbocycles. The van der Waals surface area contributed by atoms with Gasteiger partial charge < -0.3 is 10.6 Å². The first kappa shape index (κ1) is 21.0. The van der Waals surface area contributed by atoms with Crippen LogP contribution < -0.4 is 10.6 Å². The van der Waals surface area contributed by atoms with Crippen molar-refractivity contribution in [3.05, 3.63) is 0 Å². The van der Waals surface area contributed by atoms with Crippen LogP contribution in [0.3, 0.4) is 0 Å². The zero-order chi connectivity index (χ0) is 16.2. The Bertz CT molecular complexity index is 496. The summed E-state index contributed by atoms with van der Waals surface area (Å²) < 4.78 is 23.1. The molecular formula is C16H32IN3O2S. The van der Waals surface area contributed by atoms with E-state index in [4.69, 9.17) is 0 Å². The van der Waals surface area contributed by atoms with Gasteiger partial charge in [-0.25, -0.2) is 8.42 Å². The van der Waals surface area contributed by atoms with Crippen LogP contribution in [0.4, 0.5) is 0 Å². The average Bonchev–Trinajstić information content (AvgIpc) is 3.01. The number of nitrogens with one attached hydrogen (secondary N) is 2. The number of sulfone groups is 1. The fourth-order valence-electron chi connectivity index (χ4n) is 3.24. The molecule has 1 heterocycles. The van der Waals surface area contributed by atoms with Crippen molar-refractivity contribution in [1.82, 2.24) is 10.6 Å². The maximum absolute atomic E-state index is 11.5. The van der Waals surface area contributed by atoms with Gasteiger partial charge in [0.15, 0.2) is 15.8 Å². The highest BCUT2D eigenvalue weighted by Crippen LogP contribution is 2.24. The van der Waals surface area contributed by atoms with Crippen molar-refractivity contribution in [1.29, 1.82) is 0 Å². The Morgan fingerprint density at radius 1 is 1.30 bits per heavy atom. The summed E-state index contributed by atoms with van der Waals surface area (Å²) in [6.07, 6.45) is 5.46. The van der Waals surface area contributed by atoms with E-state index in [1.165, 1.54) is 19.3 Å². The normalized spacial score (nSPS) is 31.4. The monoisotopic (exact) mass is 457 g/mol. The molecule has 2 aliphatic rings.